The van der Waals surface area contributed by atoms with Crippen LogP contribution in [0.5, 0.6) is 0 Å². The lowest BCUT2D eigenvalue weighted by molar-refractivity contribution is -0.134. The minimum absolute atomic E-state index is 0.176. The normalized spacial score (nSPS) is 25.8. The van der Waals surface area contributed by atoms with Gasteiger partial charge < -0.3 is 14.7 Å². The molecule has 4 heterocycles. The van der Waals surface area contributed by atoms with Gasteiger partial charge in [-0.15, -0.1) is 0 Å². The van der Waals surface area contributed by atoms with Crippen LogP contribution in [0.4, 0.5) is 5.82 Å². The number of aromatic nitrogens is 1. The van der Waals surface area contributed by atoms with Crippen molar-refractivity contribution in [3.63, 3.8) is 0 Å². The molecule has 0 bridgehead atoms. The number of rotatable bonds is 4. The Bertz CT molecular complexity index is 691. The number of likely N-dealkylation sites (N-methyl/N-ethyl adjacent to an activating group) is 1. The number of nitrogens with one attached hydrogen (secondary N) is 1. The average Bonchev–Trinajstić information content (AvgIpc) is 2.71. The molecular weight excluding hydrogens is 354 g/mol. The van der Waals surface area contributed by atoms with Crippen LogP contribution in [-0.2, 0) is 9.59 Å². The van der Waals surface area contributed by atoms with E-state index in [4.69, 9.17) is 0 Å². The highest BCUT2D eigenvalue weighted by Crippen LogP contribution is 2.27. The number of hydrogen-bond acceptors (Lipinski definition) is 6. The van der Waals surface area contributed by atoms with Gasteiger partial charge in [0, 0.05) is 58.4 Å². The van der Waals surface area contributed by atoms with Gasteiger partial charge in [0.1, 0.15) is 5.82 Å². The Morgan fingerprint density at radius 3 is 2.43 bits per heavy atom. The summed E-state index contributed by atoms with van der Waals surface area (Å²) >= 11 is 0. The first-order chi connectivity index (χ1) is 13.6. The molecule has 7 nitrogen and oxygen atoms in total. The maximum atomic E-state index is 12.0. The molecule has 3 saturated heterocycles. The number of nitrogens with zero attached hydrogens (tertiary/aromatic N) is 4. The van der Waals surface area contributed by atoms with E-state index in [1.807, 2.05) is 18.3 Å². The highest BCUT2D eigenvalue weighted by Gasteiger charge is 2.28. The zero-order valence-electron chi connectivity index (χ0n) is 16.8. The summed E-state index contributed by atoms with van der Waals surface area (Å²) < 4.78 is 0. The van der Waals surface area contributed by atoms with E-state index < -0.39 is 0 Å². The second-order valence-corrected chi connectivity index (χ2v) is 8.49. The van der Waals surface area contributed by atoms with Crippen LogP contribution in [0.3, 0.4) is 0 Å². The Kier molecular flexibility index (Phi) is 5.92. The standard InChI is InChI=1S/C21H31N5O2/c1-24-10-12-25(13-11-24)15-16-6-8-26(9-7-16)19-4-2-17(14-22-19)18-3-5-20(27)23-21(18)28/h2,4,14,16,18H,3,5-13,15H2,1H3,(H,23,27,28). The van der Waals surface area contributed by atoms with E-state index >= 15 is 0 Å². The number of piperazine rings is 1. The summed E-state index contributed by atoms with van der Waals surface area (Å²) in [6.07, 6.45) is 5.21. The number of amides is 2. The SMILES string of the molecule is CN1CCN(CC2CCN(c3ccc(C4CCC(=O)NC4=O)cn3)CC2)CC1. The summed E-state index contributed by atoms with van der Waals surface area (Å²) in [6, 6.07) is 4.03. The second kappa shape index (κ2) is 8.57. The van der Waals surface area contributed by atoms with Crippen molar-refractivity contribution in [2.45, 2.75) is 31.6 Å². The van der Waals surface area contributed by atoms with Gasteiger partial charge in [0.25, 0.3) is 0 Å². The lowest BCUT2D eigenvalue weighted by atomic mass is 9.91. The molecule has 28 heavy (non-hydrogen) atoms. The number of carbonyl (C=O) groups is 2. The average molecular weight is 386 g/mol. The molecule has 3 aliphatic heterocycles. The van der Waals surface area contributed by atoms with Crippen molar-refractivity contribution in [1.82, 2.24) is 20.1 Å². The van der Waals surface area contributed by atoms with Crippen LogP contribution in [0.1, 0.15) is 37.2 Å². The Balaban J connectivity index is 1.28. The van der Waals surface area contributed by atoms with Crippen LogP contribution in [-0.4, -0.2) is 79.5 Å². The molecule has 3 fully saturated rings. The van der Waals surface area contributed by atoms with E-state index in [-0.39, 0.29) is 17.7 Å². The van der Waals surface area contributed by atoms with E-state index in [0.29, 0.717) is 12.8 Å². The van der Waals surface area contributed by atoms with E-state index in [2.05, 4.69) is 32.0 Å². The molecule has 4 rings (SSSR count). The van der Waals surface area contributed by atoms with Gasteiger partial charge in [0.05, 0.1) is 5.92 Å². The zero-order valence-corrected chi connectivity index (χ0v) is 16.8. The van der Waals surface area contributed by atoms with Crippen LogP contribution >= 0.6 is 0 Å². The van der Waals surface area contributed by atoms with Gasteiger partial charge in [-0.05, 0) is 43.9 Å². The Morgan fingerprint density at radius 1 is 1.04 bits per heavy atom. The van der Waals surface area contributed by atoms with Crippen LogP contribution in [0.2, 0.25) is 0 Å². The van der Waals surface area contributed by atoms with Crippen LogP contribution in [0, 0.1) is 5.92 Å². The van der Waals surface area contributed by atoms with Gasteiger partial charge in [-0.3, -0.25) is 14.9 Å². The van der Waals surface area contributed by atoms with Crippen molar-refractivity contribution >= 4 is 17.6 Å². The number of pyridine rings is 1. The summed E-state index contributed by atoms with van der Waals surface area (Å²) in [7, 11) is 2.20. The van der Waals surface area contributed by atoms with Gasteiger partial charge in [0.15, 0.2) is 0 Å². The topological polar surface area (TPSA) is 68.8 Å². The molecular formula is C21H31N5O2. The number of imide groups is 1. The van der Waals surface area contributed by atoms with Gasteiger partial charge in [-0.2, -0.15) is 0 Å². The third-order valence-electron chi connectivity index (χ3n) is 6.46. The monoisotopic (exact) mass is 385 g/mol. The molecule has 2 amide bonds. The third kappa shape index (κ3) is 4.52. The van der Waals surface area contributed by atoms with Crippen LogP contribution in [0.15, 0.2) is 18.3 Å². The van der Waals surface area contributed by atoms with E-state index in [1.54, 1.807) is 0 Å². The third-order valence-corrected chi connectivity index (χ3v) is 6.46. The van der Waals surface area contributed by atoms with Gasteiger partial charge in [0.2, 0.25) is 11.8 Å². The number of hydrogen-bond donors (Lipinski definition) is 1. The predicted octanol–water partition coefficient (Wildman–Crippen LogP) is 1.07. The van der Waals surface area contributed by atoms with Crippen molar-refractivity contribution in [2.24, 2.45) is 5.92 Å². The Morgan fingerprint density at radius 2 is 1.79 bits per heavy atom. The summed E-state index contributed by atoms with van der Waals surface area (Å²) in [5.41, 5.74) is 0.902. The van der Waals surface area contributed by atoms with Crippen molar-refractivity contribution in [2.75, 3.05) is 57.8 Å². The van der Waals surface area contributed by atoms with Crippen molar-refractivity contribution < 1.29 is 9.59 Å². The molecule has 0 saturated carbocycles. The summed E-state index contributed by atoms with van der Waals surface area (Å²) in [5, 5.41) is 2.42. The number of piperidine rings is 2. The largest absolute Gasteiger partial charge is 0.357 e. The molecule has 7 heteroatoms. The summed E-state index contributed by atoms with van der Waals surface area (Å²) in [6.45, 7) is 8.07. The van der Waals surface area contributed by atoms with Crippen molar-refractivity contribution in [3.8, 4) is 0 Å². The van der Waals surface area contributed by atoms with E-state index in [9.17, 15) is 9.59 Å². The molecule has 0 aliphatic carbocycles. The molecule has 0 aromatic carbocycles. The van der Waals surface area contributed by atoms with Crippen molar-refractivity contribution in [3.05, 3.63) is 23.9 Å². The Hall–Kier alpha value is -1.99. The minimum atomic E-state index is -0.256. The number of anilines is 1. The van der Waals surface area contributed by atoms with Crippen molar-refractivity contribution in [1.29, 1.82) is 0 Å². The van der Waals surface area contributed by atoms with Gasteiger partial charge in [-0.1, -0.05) is 6.07 Å². The maximum Gasteiger partial charge on any atom is 0.234 e. The molecule has 1 aromatic rings. The quantitative estimate of drug-likeness (QED) is 0.782. The lowest BCUT2D eigenvalue weighted by Crippen LogP contribution is -2.47. The van der Waals surface area contributed by atoms with Crippen LogP contribution < -0.4 is 10.2 Å². The molecule has 152 valence electrons. The molecule has 1 unspecified atom stereocenters. The second-order valence-electron chi connectivity index (χ2n) is 8.49. The molecule has 1 atom stereocenters. The predicted molar refractivity (Wildman–Crippen MR) is 108 cm³/mol. The summed E-state index contributed by atoms with van der Waals surface area (Å²) in [4.78, 5) is 35.4. The molecule has 3 aliphatic rings. The first kappa shape index (κ1) is 19.3. The summed E-state index contributed by atoms with van der Waals surface area (Å²) in [5.74, 6) is 1.14. The smallest absolute Gasteiger partial charge is 0.234 e. The molecule has 0 radical (unpaired) electrons. The fourth-order valence-electron chi connectivity index (χ4n) is 4.54. The van der Waals surface area contributed by atoms with Gasteiger partial charge in [-0.25, -0.2) is 4.98 Å². The number of carbonyl (C=O) groups excluding carboxylic acids is 2. The maximum absolute atomic E-state index is 12.0. The van der Waals surface area contributed by atoms with Gasteiger partial charge >= 0.3 is 0 Å². The molecule has 1 aromatic heterocycles. The first-order valence-corrected chi connectivity index (χ1v) is 10.5. The molecule has 1 N–H and O–H groups in total. The minimum Gasteiger partial charge on any atom is -0.357 e. The van der Waals surface area contributed by atoms with Crippen LogP contribution in [0.25, 0.3) is 0 Å². The van der Waals surface area contributed by atoms with E-state index in [1.165, 1.54) is 45.6 Å². The highest BCUT2D eigenvalue weighted by atomic mass is 16.2. The Labute approximate surface area is 167 Å². The fraction of sp³-hybridized carbons (Fsp3) is 0.667. The zero-order chi connectivity index (χ0) is 19.5. The lowest BCUT2D eigenvalue weighted by Gasteiger charge is -2.38. The fourth-order valence-corrected chi connectivity index (χ4v) is 4.54. The highest BCUT2D eigenvalue weighted by molar-refractivity contribution is 6.00. The molecule has 0 spiro atoms. The van der Waals surface area contributed by atoms with E-state index in [0.717, 1.165) is 30.4 Å². The first-order valence-electron chi connectivity index (χ1n) is 10.5.